The van der Waals surface area contributed by atoms with Gasteiger partial charge in [-0.25, -0.2) is 0 Å². The predicted molar refractivity (Wildman–Crippen MR) is 98.9 cm³/mol. The Bertz CT molecular complexity index is 683. The molecule has 1 heterocycles. The summed E-state index contributed by atoms with van der Waals surface area (Å²) in [5.41, 5.74) is 8.05. The zero-order chi connectivity index (χ0) is 16.4. The van der Waals surface area contributed by atoms with Crippen molar-refractivity contribution in [3.05, 3.63) is 46.5 Å². The SMILES string of the molecule is CC(C)c1nnsc1C(=O)NC1CC(CN)(c2ccccc2)C1.Cl. The molecule has 1 fully saturated rings. The van der Waals surface area contributed by atoms with Crippen LogP contribution in [0.3, 0.4) is 0 Å². The van der Waals surface area contributed by atoms with E-state index < -0.39 is 0 Å². The summed E-state index contributed by atoms with van der Waals surface area (Å²) in [6.45, 7) is 4.64. The number of carbonyl (C=O) groups is 1. The number of hydrogen-bond acceptors (Lipinski definition) is 5. The maximum atomic E-state index is 12.5. The minimum atomic E-state index is -0.0626. The second-order valence-electron chi connectivity index (χ2n) is 6.57. The van der Waals surface area contributed by atoms with E-state index in [0.29, 0.717) is 11.4 Å². The van der Waals surface area contributed by atoms with Crippen molar-refractivity contribution < 1.29 is 4.79 Å². The lowest BCUT2D eigenvalue weighted by Crippen LogP contribution is -2.56. The summed E-state index contributed by atoms with van der Waals surface area (Å²) in [6, 6.07) is 10.5. The van der Waals surface area contributed by atoms with Gasteiger partial charge >= 0.3 is 0 Å². The maximum absolute atomic E-state index is 12.5. The standard InChI is InChI=1S/C17H22N4OS.ClH/c1-11(2)14-15(23-21-20-14)16(22)19-13-8-17(9-13,10-18)12-6-4-3-5-7-12;/h3-7,11,13H,8-10,18H2,1-2H3,(H,19,22);1H. The van der Waals surface area contributed by atoms with Crippen LogP contribution in [0.4, 0.5) is 0 Å². The molecule has 1 saturated carbocycles. The highest BCUT2D eigenvalue weighted by molar-refractivity contribution is 7.08. The molecule has 7 heteroatoms. The number of rotatable bonds is 5. The van der Waals surface area contributed by atoms with Crippen LogP contribution in [-0.2, 0) is 5.41 Å². The molecule has 0 aliphatic heterocycles. The van der Waals surface area contributed by atoms with Crippen LogP contribution in [-0.4, -0.2) is 28.1 Å². The molecule has 1 amide bonds. The molecule has 24 heavy (non-hydrogen) atoms. The summed E-state index contributed by atoms with van der Waals surface area (Å²) in [5.74, 6) is 0.135. The summed E-state index contributed by atoms with van der Waals surface area (Å²) < 4.78 is 3.92. The van der Waals surface area contributed by atoms with E-state index >= 15 is 0 Å². The maximum Gasteiger partial charge on any atom is 0.265 e. The van der Waals surface area contributed by atoms with Gasteiger partial charge < -0.3 is 11.1 Å². The molecule has 0 spiro atoms. The number of aromatic nitrogens is 2. The molecule has 130 valence electrons. The summed E-state index contributed by atoms with van der Waals surface area (Å²) in [4.78, 5) is 13.1. The highest BCUT2D eigenvalue weighted by Gasteiger charge is 2.45. The van der Waals surface area contributed by atoms with Crippen molar-refractivity contribution in [1.82, 2.24) is 14.9 Å². The molecule has 1 aromatic carbocycles. The molecule has 0 saturated heterocycles. The zero-order valence-electron chi connectivity index (χ0n) is 13.9. The molecule has 5 nitrogen and oxygen atoms in total. The van der Waals surface area contributed by atoms with Gasteiger partial charge in [0.05, 0.1) is 5.69 Å². The molecule has 1 aromatic heterocycles. The Morgan fingerprint density at radius 3 is 2.62 bits per heavy atom. The van der Waals surface area contributed by atoms with Crippen LogP contribution in [0.2, 0.25) is 0 Å². The number of hydrogen-bond donors (Lipinski definition) is 2. The van der Waals surface area contributed by atoms with E-state index in [2.05, 4.69) is 27.0 Å². The number of nitrogens with one attached hydrogen (secondary N) is 1. The third-order valence-electron chi connectivity index (χ3n) is 4.65. The second-order valence-corrected chi connectivity index (χ2v) is 7.33. The van der Waals surface area contributed by atoms with Crippen LogP contribution in [0.1, 0.15) is 53.5 Å². The number of carbonyl (C=O) groups excluding carboxylic acids is 1. The lowest BCUT2D eigenvalue weighted by molar-refractivity contribution is 0.0869. The first-order valence-electron chi connectivity index (χ1n) is 7.94. The van der Waals surface area contributed by atoms with Crippen LogP contribution >= 0.6 is 23.9 Å². The molecule has 1 aliphatic carbocycles. The van der Waals surface area contributed by atoms with E-state index in [-0.39, 0.29) is 35.7 Å². The molecular formula is C17H23ClN4OS. The Labute approximate surface area is 152 Å². The van der Waals surface area contributed by atoms with Gasteiger partial charge in [0.25, 0.3) is 5.91 Å². The molecule has 2 aromatic rings. The Kier molecular flexibility index (Phi) is 5.96. The highest BCUT2D eigenvalue weighted by Crippen LogP contribution is 2.43. The molecular weight excluding hydrogens is 344 g/mol. The van der Waals surface area contributed by atoms with E-state index in [1.54, 1.807) is 0 Å². The van der Waals surface area contributed by atoms with Gasteiger partial charge in [-0.2, -0.15) is 0 Å². The minimum absolute atomic E-state index is 0. The summed E-state index contributed by atoms with van der Waals surface area (Å²) in [5, 5.41) is 7.18. The van der Waals surface area contributed by atoms with Crippen molar-refractivity contribution in [2.45, 2.75) is 44.1 Å². The summed E-state index contributed by atoms with van der Waals surface area (Å²) >= 11 is 1.17. The van der Waals surface area contributed by atoms with E-state index in [0.717, 1.165) is 18.5 Å². The van der Waals surface area contributed by atoms with Gasteiger partial charge in [0, 0.05) is 18.0 Å². The number of amides is 1. The van der Waals surface area contributed by atoms with Gasteiger partial charge in [-0.3, -0.25) is 4.79 Å². The Hall–Kier alpha value is -1.50. The number of halogens is 1. The van der Waals surface area contributed by atoms with Crippen molar-refractivity contribution in [2.75, 3.05) is 6.54 Å². The van der Waals surface area contributed by atoms with Crippen molar-refractivity contribution in [1.29, 1.82) is 0 Å². The van der Waals surface area contributed by atoms with E-state index in [9.17, 15) is 4.79 Å². The largest absolute Gasteiger partial charge is 0.348 e. The number of benzene rings is 1. The van der Waals surface area contributed by atoms with Gasteiger partial charge in [0.1, 0.15) is 4.88 Å². The Morgan fingerprint density at radius 2 is 2.04 bits per heavy atom. The molecule has 0 bridgehead atoms. The third kappa shape index (κ3) is 3.45. The Balaban J connectivity index is 0.00000208. The molecule has 0 unspecified atom stereocenters. The normalized spacial score (nSPS) is 22.6. The summed E-state index contributed by atoms with van der Waals surface area (Å²) in [7, 11) is 0. The van der Waals surface area contributed by atoms with Gasteiger partial charge in [-0.05, 0) is 35.9 Å². The second kappa shape index (κ2) is 7.59. The number of nitrogens with zero attached hydrogens (tertiary/aromatic N) is 2. The van der Waals surface area contributed by atoms with Crippen molar-refractivity contribution in [2.24, 2.45) is 5.73 Å². The first-order chi connectivity index (χ1) is 11.1. The predicted octanol–water partition coefficient (Wildman–Crippen LogP) is 2.87. The van der Waals surface area contributed by atoms with E-state index in [1.165, 1.54) is 17.1 Å². The molecule has 3 rings (SSSR count). The van der Waals surface area contributed by atoms with Gasteiger partial charge in [0.15, 0.2) is 0 Å². The van der Waals surface area contributed by atoms with Crippen LogP contribution in [0.15, 0.2) is 30.3 Å². The van der Waals surface area contributed by atoms with Crippen molar-refractivity contribution in [3.63, 3.8) is 0 Å². The van der Waals surface area contributed by atoms with Gasteiger partial charge in [-0.15, -0.1) is 17.5 Å². The third-order valence-corrected chi connectivity index (χ3v) is 5.39. The van der Waals surface area contributed by atoms with E-state index in [1.807, 2.05) is 32.0 Å². The molecule has 3 N–H and O–H groups in total. The fourth-order valence-corrected chi connectivity index (χ4v) is 4.00. The van der Waals surface area contributed by atoms with Crippen LogP contribution in [0, 0.1) is 0 Å². The average molecular weight is 367 g/mol. The number of nitrogens with two attached hydrogens (primary N) is 1. The smallest absolute Gasteiger partial charge is 0.265 e. The van der Waals surface area contributed by atoms with Crippen molar-refractivity contribution in [3.8, 4) is 0 Å². The quantitative estimate of drug-likeness (QED) is 0.852. The fourth-order valence-electron chi connectivity index (χ4n) is 3.28. The van der Waals surface area contributed by atoms with Crippen LogP contribution in [0.5, 0.6) is 0 Å². The van der Waals surface area contributed by atoms with Crippen LogP contribution < -0.4 is 11.1 Å². The van der Waals surface area contributed by atoms with Crippen LogP contribution in [0.25, 0.3) is 0 Å². The first kappa shape index (κ1) is 18.8. The monoisotopic (exact) mass is 366 g/mol. The molecule has 0 atom stereocenters. The zero-order valence-corrected chi connectivity index (χ0v) is 15.5. The topological polar surface area (TPSA) is 80.9 Å². The lowest BCUT2D eigenvalue weighted by Gasteiger charge is -2.47. The first-order valence-corrected chi connectivity index (χ1v) is 8.72. The minimum Gasteiger partial charge on any atom is -0.348 e. The molecule has 0 radical (unpaired) electrons. The molecule has 1 aliphatic rings. The lowest BCUT2D eigenvalue weighted by atomic mass is 9.61. The Morgan fingerprint density at radius 1 is 1.38 bits per heavy atom. The van der Waals surface area contributed by atoms with Gasteiger partial charge in [-0.1, -0.05) is 48.7 Å². The summed E-state index contributed by atoms with van der Waals surface area (Å²) in [6.07, 6.45) is 1.75. The average Bonchev–Trinajstić information content (AvgIpc) is 3.01. The van der Waals surface area contributed by atoms with E-state index in [4.69, 9.17) is 5.73 Å². The van der Waals surface area contributed by atoms with Crippen molar-refractivity contribution >= 4 is 29.8 Å². The highest BCUT2D eigenvalue weighted by atomic mass is 35.5. The van der Waals surface area contributed by atoms with Gasteiger partial charge in [0.2, 0.25) is 0 Å². The fraction of sp³-hybridized carbons (Fsp3) is 0.471.